The molecule has 3 aromatic rings. The third-order valence-corrected chi connectivity index (χ3v) is 6.99. The van der Waals surface area contributed by atoms with E-state index in [1.165, 1.54) is 30.3 Å². The highest BCUT2D eigenvalue weighted by atomic mass is 35.5. The highest BCUT2D eigenvalue weighted by Crippen LogP contribution is 2.23. The van der Waals surface area contributed by atoms with Crippen molar-refractivity contribution in [1.82, 2.24) is 14.9 Å². The molecule has 1 amide bonds. The molecule has 0 heterocycles. The van der Waals surface area contributed by atoms with E-state index in [1.54, 1.807) is 24.3 Å². The van der Waals surface area contributed by atoms with Gasteiger partial charge < -0.3 is 10.2 Å². The van der Waals surface area contributed by atoms with Gasteiger partial charge >= 0.3 is 0 Å². The number of rotatable bonds is 9. The van der Waals surface area contributed by atoms with Crippen molar-refractivity contribution >= 4 is 27.5 Å². The molecule has 0 unspecified atom stereocenters. The monoisotopic (exact) mass is 489 g/mol. The molecule has 0 spiro atoms. The predicted molar refractivity (Wildman–Crippen MR) is 127 cm³/mol. The molecular formula is C24H25ClFN3O3S. The van der Waals surface area contributed by atoms with Gasteiger partial charge in [-0.25, -0.2) is 17.5 Å². The lowest BCUT2D eigenvalue weighted by molar-refractivity contribution is 0.0941. The summed E-state index contributed by atoms with van der Waals surface area (Å²) in [6, 6.07) is 19.0. The van der Waals surface area contributed by atoms with E-state index < -0.39 is 15.9 Å². The number of carbonyl (C=O) groups is 1. The zero-order valence-electron chi connectivity index (χ0n) is 18.3. The fourth-order valence-electron chi connectivity index (χ4n) is 3.31. The van der Waals surface area contributed by atoms with Gasteiger partial charge in [0, 0.05) is 18.7 Å². The van der Waals surface area contributed by atoms with E-state index in [9.17, 15) is 17.6 Å². The Morgan fingerprint density at radius 1 is 1.03 bits per heavy atom. The number of nitrogens with zero attached hydrogens (tertiary/aromatic N) is 1. The highest BCUT2D eigenvalue weighted by Gasteiger charge is 2.21. The molecule has 0 saturated heterocycles. The SMILES string of the molecule is CN(C)[C@H](CNC(=O)c1ccc(Cl)c(S(=O)(=O)NCc2ccccc2)c1)c1cccc(F)c1. The second kappa shape index (κ2) is 10.9. The molecule has 3 rings (SSSR count). The molecule has 0 bridgehead atoms. The molecule has 0 radical (unpaired) electrons. The van der Waals surface area contributed by atoms with Gasteiger partial charge in [-0.2, -0.15) is 0 Å². The van der Waals surface area contributed by atoms with E-state index in [2.05, 4.69) is 10.0 Å². The van der Waals surface area contributed by atoms with Crippen molar-refractivity contribution < 1.29 is 17.6 Å². The number of hydrogen-bond acceptors (Lipinski definition) is 4. The maximum absolute atomic E-state index is 13.6. The summed E-state index contributed by atoms with van der Waals surface area (Å²) in [7, 11) is -0.296. The summed E-state index contributed by atoms with van der Waals surface area (Å²) < 4.78 is 41.8. The normalized spacial score (nSPS) is 12.5. The van der Waals surface area contributed by atoms with E-state index in [0.717, 1.165) is 5.56 Å². The zero-order chi connectivity index (χ0) is 24.0. The number of halogens is 2. The number of nitrogens with one attached hydrogen (secondary N) is 2. The first kappa shape index (κ1) is 24.9. The van der Waals surface area contributed by atoms with Gasteiger partial charge in [-0.3, -0.25) is 4.79 Å². The van der Waals surface area contributed by atoms with Crippen LogP contribution in [0.1, 0.15) is 27.5 Å². The predicted octanol–water partition coefficient (Wildman–Crippen LogP) is 3.99. The van der Waals surface area contributed by atoms with E-state index >= 15 is 0 Å². The second-order valence-corrected chi connectivity index (χ2v) is 9.84. The van der Waals surface area contributed by atoms with Crippen molar-refractivity contribution in [2.24, 2.45) is 0 Å². The number of carbonyl (C=O) groups excluding carboxylic acids is 1. The zero-order valence-corrected chi connectivity index (χ0v) is 19.8. The van der Waals surface area contributed by atoms with E-state index in [0.29, 0.717) is 5.56 Å². The van der Waals surface area contributed by atoms with Gasteiger partial charge in [0.05, 0.1) is 11.1 Å². The van der Waals surface area contributed by atoms with Crippen LogP contribution in [-0.4, -0.2) is 39.9 Å². The van der Waals surface area contributed by atoms with Crippen LogP contribution in [0.3, 0.4) is 0 Å². The molecule has 0 aromatic heterocycles. The molecule has 0 aliphatic carbocycles. The third-order valence-electron chi connectivity index (χ3n) is 5.10. The molecule has 0 saturated carbocycles. The minimum Gasteiger partial charge on any atom is -0.350 e. The summed E-state index contributed by atoms with van der Waals surface area (Å²) in [6.07, 6.45) is 0. The number of amides is 1. The third kappa shape index (κ3) is 6.61. The Labute approximate surface area is 198 Å². The van der Waals surface area contributed by atoms with Gasteiger partial charge in [-0.15, -0.1) is 0 Å². The molecule has 2 N–H and O–H groups in total. The lowest BCUT2D eigenvalue weighted by Crippen LogP contribution is -2.34. The van der Waals surface area contributed by atoms with Crippen LogP contribution in [0.2, 0.25) is 5.02 Å². The maximum Gasteiger partial charge on any atom is 0.251 e. The van der Waals surface area contributed by atoms with Crippen molar-refractivity contribution in [1.29, 1.82) is 0 Å². The van der Waals surface area contributed by atoms with E-state index in [1.807, 2.05) is 37.2 Å². The molecule has 0 fully saturated rings. The van der Waals surface area contributed by atoms with E-state index in [4.69, 9.17) is 11.6 Å². The smallest absolute Gasteiger partial charge is 0.251 e. The van der Waals surface area contributed by atoms with Crippen LogP contribution in [0.15, 0.2) is 77.7 Å². The second-order valence-electron chi connectivity index (χ2n) is 7.70. The molecule has 174 valence electrons. The Balaban J connectivity index is 1.74. The Morgan fingerprint density at radius 3 is 2.42 bits per heavy atom. The van der Waals surface area contributed by atoms with Crippen molar-refractivity contribution in [2.45, 2.75) is 17.5 Å². The fourth-order valence-corrected chi connectivity index (χ4v) is 4.85. The Kier molecular flexibility index (Phi) is 8.20. The molecule has 3 aromatic carbocycles. The first-order valence-electron chi connectivity index (χ1n) is 10.2. The van der Waals surface area contributed by atoms with Gasteiger partial charge in [-0.1, -0.05) is 54.1 Å². The van der Waals surface area contributed by atoms with Crippen LogP contribution >= 0.6 is 11.6 Å². The van der Waals surface area contributed by atoms with Gasteiger partial charge in [-0.05, 0) is 55.6 Å². The molecule has 6 nitrogen and oxygen atoms in total. The van der Waals surface area contributed by atoms with Crippen LogP contribution in [0, 0.1) is 5.82 Å². The van der Waals surface area contributed by atoms with Gasteiger partial charge in [0.25, 0.3) is 5.91 Å². The number of likely N-dealkylation sites (N-methyl/N-ethyl adjacent to an activating group) is 1. The van der Waals surface area contributed by atoms with Crippen molar-refractivity contribution in [2.75, 3.05) is 20.6 Å². The number of hydrogen-bond donors (Lipinski definition) is 2. The number of sulfonamides is 1. The van der Waals surface area contributed by atoms with Crippen LogP contribution in [0.5, 0.6) is 0 Å². The molecule has 0 aliphatic rings. The van der Waals surface area contributed by atoms with Gasteiger partial charge in [0.2, 0.25) is 10.0 Å². The summed E-state index contributed by atoms with van der Waals surface area (Å²) in [6.45, 7) is 0.292. The summed E-state index contributed by atoms with van der Waals surface area (Å²) in [5.41, 5.74) is 1.65. The van der Waals surface area contributed by atoms with Crippen LogP contribution < -0.4 is 10.0 Å². The lowest BCUT2D eigenvalue weighted by Gasteiger charge is -2.25. The minimum atomic E-state index is -3.95. The minimum absolute atomic E-state index is 0.0121. The first-order valence-corrected chi connectivity index (χ1v) is 12.1. The summed E-state index contributed by atoms with van der Waals surface area (Å²) in [5, 5.41) is 2.81. The Hall–Kier alpha value is -2.78. The summed E-state index contributed by atoms with van der Waals surface area (Å²) in [4.78, 5) is 14.5. The topological polar surface area (TPSA) is 78.5 Å². The van der Waals surface area contributed by atoms with Crippen LogP contribution in [0.4, 0.5) is 4.39 Å². The van der Waals surface area contributed by atoms with Crippen molar-refractivity contribution in [3.8, 4) is 0 Å². The average Bonchev–Trinajstić information content (AvgIpc) is 2.78. The van der Waals surface area contributed by atoms with Gasteiger partial charge in [0.15, 0.2) is 0 Å². The van der Waals surface area contributed by atoms with Crippen LogP contribution in [0.25, 0.3) is 0 Å². The fraction of sp³-hybridized carbons (Fsp3) is 0.208. The molecule has 1 atom stereocenters. The van der Waals surface area contributed by atoms with Gasteiger partial charge in [0.1, 0.15) is 10.7 Å². The Morgan fingerprint density at radius 2 is 1.76 bits per heavy atom. The van der Waals surface area contributed by atoms with Crippen molar-refractivity contribution in [3.05, 3.63) is 100 Å². The average molecular weight is 490 g/mol. The molecular weight excluding hydrogens is 465 g/mol. The quantitative estimate of drug-likeness (QED) is 0.476. The lowest BCUT2D eigenvalue weighted by atomic mass is 10.1. The van der Waals surface area contributed by atoms with Crippen molar-refractivity contribution in [3.63, 3.8) is 0 Å². The Bertz CT molecular complexity index is 1220. The molecule has 0 aliphatic heterocycles. The maximum atomic E-state index is 13.6. The molecule has 33 heavy (non-hydrogen) atoms. The number of benzene rings is 3. The summed E-state index contributed by atoms with van der Waals surface area (Å²) >= 11 is 6.14. The molecule has 9 heteroatoms. The van der Waals surface area contributed by atoms with E-state index in [-0.39, 0.29) is 40.4 Å². The first-order chi connectivity index (χ1) is 15.7. The largest absolute Gasteiger partial charge is 0.350 e. The summed E-state index contributed by atoms with van der Waals surface area (Å²) in [5.74, 6) is -0.823. The standard InChI is InChI=1S/C24H25ClFN3O3S/c1-29(2)22(18-9-6-10-20(26)13-18)16-27-24(30)19-11-12-21(25)23(14-19)33(31,32)28-15-17-7-4-3-5-8-17/h3-14,22,28H,15-16H2,1-2H3,(H,27,30)/t22-/m1/s1. The highest BCUT2D eigenvalue weighted by molar-refractivity contribution is 7.89. The van der Waals surface area contributed by atoms with Crippen LogP contribution in [-0.2, 0) is 16.6 Å².